The number of allylic oxidation sites excluding steroid dienone is 3. The molecule has 1 aliphatic rings. The van der Waals surface area contributed by atoms with Crippen LogP contribution in [0.5, 0.6) is 0 Å². The molecule has 1 aromatic heterocycles. The predicted molar refractivity (Wildman–Crippen MR) is 146 cm³/mol. The number of nitrogens with zero attached hydrogens (tertiary/aromatic N) is 2. The smallest absolute Gasteiger partial charge is 0.256 e. The van der Waals surface area contributed by atoms with Crippen molar-refractivity contribution < 1.29 is 18.7 Å². The number of methoxy groups -OCH3 is 1. The maximum Gasteiger partial charge on any atom is 0.256 e. The molecule has 0 saturated carbocycles. The number of aromatic nitrogens is 1. The molecule has 0 atom stereocenters. The van der Waals surface area contributed by atoms with Crippen LogP contribution >= 0.6 is 11.6 Å². The van der Waals surface area contributed by atoms with E-state index in [-0.39, 0.29) is 17.1 Å². The van der Waals surface area contributed by atoms with Crippen molar-refractivity contribution >= 4 is 34.2 Å². The summed E-state index contributed by atoms with van der Waals surface area (Å²) < 4.78 is 21.3. The summed E-state index contributed by atoms with van der Waals surface area (Å²) in [5.74, 6) is 0.0905. The molecule has 0 bridgehead atoms. The number of piperidine rings is 1. The fourth-order valence-electron chi connectivity index (χ4n) is 5.16. The number of hydrogen-bond acceptors (Lipinski definition) is 3. The molecule has 0 aliphatic carbocycles. The van der Waals surface area contributed by atoms with Crippen LogP contribution < -0.4 is 0 Å². The molecule has 0 spiro atoms. The second-order valence-electron chi connectivity index (χ2n) is 10.1. The number of fused-ring (bicyclic) bond motifs is 1. The third-order valence-corrected chi connectivity index (χ3v) is 7.47. The number of ether oxygens (including phenoxy) is 1. The lowest BCUT2D eigenvalue weighted by atomic mass is 9.72. The van der Waals surface area contributed by atoms with Gasteiger partial charge in [0.05, 0.1) is 24.7 Å². The normalized spacial score (nSPS) is 15.6. The molecule has 1 fully saturated rings. The largest absolute Gasteiger partial charge is 0.499 e. The summed E-state index contributed by atoms with van der Waals surface area (Å²) >= 11 is 6.30. The van der Waals surface area contributed by atoms with Crippen molar-refractivity contribution in [3.63, 3.8) is 0 Å². The Morgan fingerprint density at radius 2 is 1.84 bits per heavy atom. The van der Waals surface area contributed by atoms with Gasteiger partial charge in [-0.15, -0.1) is 0 Å². The summed E-state index contributed by atoms with van der Waals surface area (Å²) in [4.78, 5) is 27.8. The molecule has 7 heteroatoms. The Bertz CT molecular complexity index is 1410. The van der Waals surface area contributed by atoms with Crippen molar-refractivity contribution in [1.82, 2.24) is 9.47 Å². The lowest BCUT2D eigenvalue weighted by molar-refractivity contribution is 0.0676. The summed E-state index contributed by atoms with van der Waals surface area (Å²) in [7, 11) is 1.61. The highest BCUT2D eigenvalue weighted by atomic mass is 35.5. The number of halogens is 2. The monoisotopic (exact) mass is 522 g/mol. The number of likely N-dealkylation sites (tertiary alicyclic amines) is 1. The second-order valence-corrected chi connectivity index (χ2v) is 10.5. The third kappa shape index (κ3) is 5.49. The summed E-state index contributed by atoms with van der Waals surface area (Å²) in [5, 5.41) is 1.41. The molecule has 1 aliphatic heterocycles. The molecule has 3 aromatic rings. The average Bonchev–Trinajstić information content (AvgIpc) is 3.20. The van der Waals surface area contributed by atoms with E-state index in [9.17, 15) is 14.0 Å². The molecule has 2 aromatic carbocycles. The average molecular weight is 523 g/mol. The number of ketones is 1. The molecule has 37 heavy (non-hydrogen) atoms. The molecule has 194 valence electrons. The van der Waals surface area contributed by atoms with Gasteiger partial charge in [0.2, 0.25) is 0 Å². The fraction of sp³-hybridized carbons (Fsp3) is 0.333. The van der Waals surface area contributed by atoms with Gasteiger partial charge in [0.25, 0.3) is 5.91 Å². The maximum absolute atomic E-state index is 13.8. The molecule has 1 saturated heterocycles. The van der Waals surface area contributed by atoms with Crippen molar-refractivity contribution in [3.8, 4) is 0 Å². The minimum atomic E-state index is -0.420. The van der Waals surface area contributed by atoms with Crippen LogP contribution in [0.3, 0.4) is 0 Å². The van der Waals surface area contributed by atoms with Gasteiger partial charge in [-0.25, -0.2) is 4.39 Å². The van der Waals surface area contributed by atoms with Crippen LogP contribution in [-0.4, -0.2) is 41.4 Å². The second kappa shape index (κ2) is 10.5. The zero-order valence-electron chi connectivity index (χ0n) is 21.7. The van der Waals surface area contributed by atoms with E-state index in [0.29, 0.717) is 48.6 Å². The Morgan fingerprint density at radius 1 is 1.14 bits per heavy atom. The van der Waals surface area contributed by atoms with Crippen LogP contribution in [-0.2, 0) is 16.7 Å². The third-order valence-electron chi connectivity index (χ3n) is 7.24. The van der Waals surface area contributed by atoms with Gasteiger partial charge in [-0.2, -0.15) is 0 Å². The fourth-order valence-corrected chi connectivity index (χ4v) is 5.32. The van der Waals surface area contributed by atoms with Gasteiger partial charge >= 0.3 is 0 Å². The number of Topliss-reactive ketones (excluding diaryl/α,β-unsaturated/α-hetero) is 1. The Morgan fingerprint density at radius 3 is 2.46 bits per heavy atom. The zero-order valence-corrected chi connectivity index (χ0v) is 22.5. The van der Waals surface area contributed by atoms with Crippen molar-refractivity contribution in [2.45, 2.75) is 45.6 Å². The van der Waals surface area contributed by atoms with Crippen LogP contribution in [0, 0.1) is 5.82 Å². The number of hydrogen-bond donors (Lipinski definition) is 0. The van der Waals surface area contributed by atoms with Crippen LogP contribution in [0.1, 0.15) is 59.9 Å². The lowest BCUT2D eigenvalue weighted by Crippen LogP contribution is -2.44. The number of carbonyl (C=O) groups excluding carboxylic acids is 2. The molecule has 2 heterocycles. The Kier molecular flexibility index (Phi) is 7.60. The van der Waals surface area contributed by atoms with E-state index in [0.717, 1.165) is 27.8 Å². The molecule has 0 radical (unpaired) electrons. The van der Waals surface area contributed by atoms with E-state index in [2.05, 4.69) is 13.5 Å². The summed E-state index contributed by atoms with van der Waals surface area (Å²) in [6.07, 6.45) is 5.07. The lowest BCUT2D eigenvalue weighted by Gasteiger charge is -2.40. The van der Waals surface area contributed by atoms with Crippen molar-refractivity contribution in [2.24, 2.45) is 0 Å². The molecule has 0 unspecified atom stereocenters. The van der Waals surface area contributed by atoms with E-state index in [1.165, 1.54) is 19.1 Å². The topological polar surface area (TPSA) is 51.5 Å². The van der Waals surface area contributed by atoms with Gasteiger partial charge in [-0.05, 0) is 68.0 Å². The molecular weight excluding hydrogens is 491 g/mol. The zero-order chi connectivity index (χ0) is 26.9. The number of benzene rings is 2. The summed E-state index contributed by atoms with van der Waals surface area (Å²) in [5.41, 5.74) is 3.25. The first kappa shape index (κ1) is 26.7. The first-order valence-electron chi connectivity index (χ1n) is 12.3. The van der Waals surface area contributed by atoms with E-state index in [4.69, 9.17) is 16.3 Å². The Balaban J connectivity index is 1.61. The van der Waals surface area contributed by atoms with Crippen LogP contribution in [0.2, 0.25) is 5.02 Å². The van der Waals surface area contributed by atoms with Gasteiger partial charge in [0, 0.05) is 35.3 Å². The van der Waals surface area contributed by atoms with Crippen LogP contribution in [0.15, 0.2) is 66.6 Å². The van der Waals surface area contributed by atoms with Crippen molar-refractivity contribution in [3.05, 3.63) is 94.1 Å². The highest BCUT2D eigenvalue weighted by Gasteiger charge is 2.36. The Labute approximate surface area is 222 Å². The minimum absolute atomic E-state index is 0.0538. The van der Waals surface area contributed by atoms with Gasteiger partial charge in [0.15, 0.2) is 5.78 Å². The molecule has 1 amide bonds. The molecular formula is C30H32ClFN2O3. The number of carbonyl (C=O) groups is 2. The maximum atomic E-state index is 13.8. The summed E-state index contributed by atoms with van der Waals surface area (Å²) in [6, 6.07) is 9.96. The van der Waals surface area contributed by atoms with E-state index < -0.39 is 5.82 Å². The minimum Gasteiger partial charge on any atom is -0.499 e. The van der Waals surface area contributed by atoms with E-state index in [1.807, 2.05) is 40.8 Å². The van der Waals surface area contributed by atoms with Crippen molar-refractivity contribution in [1.29, 1.82) is 0 Å². The highest BCUT2D eigenvalue weighted by molar-refractivity contribution is 6.31. The quantitative estimate of drug-likeness (QED) is 0.192. The van der Waals surface area contributed by atoms with Gasteiger partial charge in [-0.1, -0.05) is 42.8 Å². The number of rotatable bonds is 7. The highest BCUT2D eigenvalue weighted by Crippen LogP contribution is 2.38. The first-order chi connectivity index (χ1) is 17.5. The molecule has 0 N–H and O–H groups in total. The van der Waals surface area contributed by atoms with Crippen molar-refractivity contribution in [2.75, 3.05) is 20.2 Å². The van der Waals surface area contributed by atoms with Gasteiger partial charge in [0.1, 0.15) is 11.6 Å². The first-order valence-corrected chi connectivity index (χ1v) is 12.7. The van der Waals surface area contributed by atoms with E-state index >= 15 is 0 Å². The summed E-state index contributed by atoms with van der Waals surface area (Å²) in [6.45, 7) is 10.9. The molecule has 5 nitrogen and oxygen atoms in total. The van der Waals surface area contributed by atoms with Crippen LogP contribution in [0.25, 0.3) is 10.9 Å². The van der Waals surface area contributed by atoms with E-state index in [1.54, 1.807) is 19.2 Å². The standard InChI is InChI=1S/C30H32ClFN2O3/c1-19(2)14-23(37-5)17-34-18-26(24-8-6-21(31)15-28(24)34)29(36)33-12-10-30(4,11-13-33)27-9-7-22(32)16-25(27)20(3)35/h6-9,14-16,18H,1,10-13,17H2,2-5H3/b23-14-. The molecule has 4 rings (SSSR count). The van der Waals surface area contributed by atoms with Gasteiger partial charge < -0.3 is 14.2 Å². The SMILES string of the molecule is C=C(C)/C=C(/Cn1cc(C(=O)N2CCC(C)(c3ccc(F)cc3C(C)=O)CC2)c2ccc(Cl)cc21)OC. The van der Waals surface area contributed by atoms with Crippen LogP contribution in [0.4, 0.5) is 4.39 Å². The number of amides is 1. The predicted octanol–water partition coefficient (Wildman–Crippen LogP) is 6.94. The van der Waals surface area contributed by atoms with Gasteiger partial charge in [-0.3, -0.25) is 9.59 Å². The Hall–Kier alpha value is -3.38.